The van der Waals surface area contributed by atoms with E-state index in [1.807, 2.05) is 36.2 Å². The summed E-state index contributed by atoms with van der Waals surface area (Å²) >= 11 is 5.78. The number of likely N-dealkylation sites (N-methyl/N-ethyl adjacent to an activating group) is 1. The van der Waals surface area contributed by atoms with E-state index in [-0.39, 0.29) is 6.42 Å². The Hall–Kier alpha value is -1.06. The van der Waals surface area contributed by atoms with Crippen molar-refractivity contribution in [2.24, 2.45) is 0 Å². The molecule has 88 valence electrons. The van der Waals surface area contributed by atoms with Crippen molar-refractivity contribution in [3.63, 3.8) is 0 Å². The van der Waals surface area contributed by atoms with Crippen LogP contribution in [0.2, 0.25) is 5.02 Å². The normalized spacial score (nSPS) is 10.7. The van der Waals surface area contributed by atoms with Crippen LogP contribution in [0.3, 0.4) is 0 Å². The molecule has 0 aliphatic carbocycles. The van der Waals surface area contributed by atoms with Gasteiger partial charge in [-0.2, -0.15) is 0 Å². The number of carbonyl (C=O) groups is 1. The zero-order valence-corrected chi connectivity index (χ0v) is 10.1. The number of hydrogen-bond donors (Lipinski definition) is 1. The van der Waals surface area contributed by atoms with Gasteiger partial charge in [-0.3, -0.25) is 4.79 Å². The molecule has 0 saturated heterocycles. The highest BCUT2D eigenvalue weighted by Crippen LogP contribution is 2.10. The highest BCUT2D eigenvalue weighted by molar-refractivity contribution is 6.30. The fourth-order valence-corrected chi connectivity index (χ4v) is 1.50. The molecule has 4 heteroatoms. The minimum absolute atomic E-state index is 0.192. The third-order valence-corrected chi connectivity index (χ3v) is 2.65. The Morgan fingerprint density at radius 1 is 1.31 bits per heavy atom. The van der Waals surface area contributed by atoms with Crippen molar-refractivity contribution in [1.29, 1.82) is 0 Å². The Labute approximate surface area is 101 Å². The van der Waals surface area contributed by atoms with Gasteiger partial charge in [0.05, 0.1) is 6.42 Å². The van der Waals surface area contributed by atoms with Gasteiger partial charge in [-0.15, -0.1) is 0 Å². The maximum atomic E-state index is 10.4. The summed E-state index contributed by atoms with van der Waals surface area (Å²) in [7, 11) is 1.93. The summed E-state index contributed by atoms with van der Waals surface area (Å²) in [6.07, 6.45) is 1.10. The Morgan fingerprint density at radius 2 is 1.94 bits per heavy atom. The first kappa shape index (κ1) is 13.0. The maximum Gasteiger partial charge on any atom is 0.304 e. The Bertz CT molecular complexity index is 337. The first-order chi connectivity index (χ1) is 7.58. The summed E-state index contributed by atoms with van der Waals surface area (Å²) in [5, 5.41) is 9.28. The van der Waals surface area contributed by atoms with E-state index in [0.717, 1.165) is 18.0 Å². The zero-order valence-electron chi connectivity index (χ0n) is 9.32. The number of benzene rings is 1. The van der Waals surface area contributed by atoms with E-state index in [4.69, 9.17) is 16.7 Å². The quantitative estimate of drug-likeness (QED) is 0.831. The first-order valence-corrected chi connectivity index (χ1v) is 5.60. The number of aliphatic carboxylic acids is 1. The highest BCUT2D eigenvalue weighted by Gasteiger charge is 2.02. The summed E-state index contributed by atoms with van der Waals surface area (Å²) < 4.78 is 0. The van der Waals surface area contributed by atoms with E-state index in [1.54, 1.807) is 0 Å². The van der Waals surface area contributed by atoms with Gasteiger partial charge in [0.2, 0.25) is 0 Å². The zero-order chi connectivity index (χ0) is 12.0. The van der Waals surface area contributed by atoms with E-state index in [9.17, 15) is 4.79 Å². The van der Waals surface area contributed by atoms with Crippen LogP contribution in [0.5, 0.6) is 0 Å². The van der Waals surface area contributed by atoms with Crippen LogP contribution in [-0.4, -0.2) is 36.1 Å². The van der Waals surface area contributed by atoms with Crippen LogP contribution >= 0.6 is 11.6 Å². The van der Waals surface area contributed by atoms with Gasteiger partial charge in [0, 0.05) is 18.1 Å². The molecule has 1 aromatic rings. The molecule has 1 rings (SSSR count). The van der Waals surface area contributed by atoms with Crippen LogP contribution in [0, 0.1) is 0 Å². The molecule has 0 aromatic heterocycles. The van der Waals surface area contributed by atoms with Gasteiger partial charge < -0.3 is 10.0 Å². The molecule has 1 N–H and O–H groups in total. The second-order valence-electron chi connectivity index (χ2n) is 3.82. The second kappa shape index (κ2) is 6.51. The van der Waals surface area contributed by atoms with Crippen molar-refractivity contribution >= 4 is 17.6 Å². The number of carboxylic acid groups (broad SMARTS) is 1. The molecule has 0 fully saturated rings. The van der Waals surface area contributed by atoms with Crippen molar-refractivity contribution in [3.05, 3.63) is 34.9 Å². The number of nitrogens with zero attached hydrogens (tertiary/aromatic N) is 1. The van der Waals surface area contributed by atoms with Gasteiger partial charge in [0.1, 0.15) is 0 Å². The Morgan fingerprint density at radius 3 is 2.50 bits per heavy atom. The molecule has 0 amide bonds. The third-order valence-electron chi connectivity index (χ3n) is 2.40. The summed E-state index contributed by atoms with van der Waals surface area (Å²) in [5.41, 5.74) is 1.21. The fourth-order valence-electron chi connectivity index (χ4n) is 1.37. The molecular weight excluding hydrogens is 226 g/mol. The van der Waals surface area contributed by atoms with E-state index >= 15 is 0 Å². The summed E-state index contributed by atoms with van der Waals surface area (Å²) in [4.78, 5) is 12.4. The molecule has 16 heavy (non-hydrogen) atoms. The molecule has 0 aliphatic heterocycles. The Kier molecular flexibility index (Phi) is 5.29. The van der Waals surface area contributed by atoms with Crippen molar-refractivity contribution in [3.8, 4) is 0 Å². The second-order valence-corrected chi connectivity index (χ2v) is 4.26. The molecule has 0 aliphatic rings. The first-order valence-electron chi connectivity index (χ1n) is 5.22. The summed E-state index contributed by atoms with van der Waals surface area (Å²) in [5.74, 6) is -0.752. The predicted octanol–water partition coefficient (Wildman–Crippen LogP) is 2.29. The van der Waals surface area contributed by atoms with Crippen LogP contribution in [0.25, 0.3) is 0 Å². The monoisotopic (exact) mass is 241 g/mol. The van der Waals surface area contributed by atoms with Gasteiger partial charge in [-0.05, 0) is 31.2 Å². The van der Waals surface area contributed by atoms with Crippen molar-refractivity contribution < 1.29 is 9.90 Å². The van der Waals surface area contributed by atoms with Crippen LogP contribution in [-0.2, 0) is 11.2 Å². The van der Waals surface area contributed by atoms with E-state index < -0.39 is 5.97 Å². The minimum atomic E-state index is -0.752. The lowest BCUT2D eigenvalue weighted by Gasteiger charge is -2.15. The van der Waals surface area contributed by atoms with Gasteiger partial charge in [-0.1, -0.05) is 23.7 Å². The Balaban J connectivity index is 2.28. The van der Waals surface area contributed by atoms with E-state index in [0.29, 0.717) is 6.54 Å². The standard InChI is InChI=1S/C12H16ClNO2/c1-14(9-7-12(15)16)8-6-10-2-4-11(13)5-3-10/h2-5H,6-9H2,1H3,(H,15,16). The van der Waals surface area contributed by atoms with E-state index in [2.05, 4.69) is 0 Å². The molecule has 0 spiro atoms. The van der Waals surface area contributed by atoms with Gasteiger partial charge in [0.15, 0.2) is 0 Å². The van der Waals surface area contributed by atoms with Crippen LogP contribution in [0.1, 0.15) is 12.0 Å². The lowest BCUT2D eigenvalue weighted by atomic mass is 10.1. The third kappa shape index (κ3) is 5.14. The summed E-state index contributed by atoms with van der Waals surface area (Å²) in [6, 6.07) is 7.73. The predicted molar refractivity (Wildman–Crippen MR) is 64.9 cm³/mol. The van der Waals surface area contributed by atoms with Crippen molar-refractivity contribution in [2.75, 3.05) is 20.1 Å². The smallest absolute Gasteiger partial charge is 0.304 e. The molecule has 0 atom stereocenters. The summed E-state index contributed by atoms with van der Waals surface area (Å²) in [6.45, 7) is 1.44. The van der Waals surface area contributed by atoms with Gasteiger partial charge in [0.25, 0.3) is 0 Å². The number of halogens is 1. The largest absolute Gasteiger partial charge is 0.481 e. The van der Waals surface area contributed by atoms with E-state index in [1.165, 1.54) is 5.56 Å². The lowest BCUT2D eigenvalue weighted by Crippen LogP contribution is -2.24. The minimum Gasteiger partial charge on any atom is -0.481 e. The lowest BCUT2D eigenvalue weighted by molar-refractivity contribution is -0.137. The molecule has 3 nitrogen and oxygen atoms in total. The molecule has 0 saturated carbocycles. The van der Waals surface area contributed by atoms with Crippen molar-refractivity contribution in [2.45, 2.75) is 12.8 Å². The molecule has 1 aromatic carbocycles. The van der Waals surface area contributed by atoms with Gasteiger partial charge in [-0.25, -0.2) is 0 Å². The topological polar surface area (TPSA) is 40.5 Å². The number of rotatable bonds is 6. The highest BCUT2D eigenvalue weighted by atomic mass is 35.5. The SMILES string of the molecule is CN(CCC(=O)O)CCc1ccc(Cl)cc1. The molecule has 0 heterocycles. The van der Waals surface area contributed by atoms with Gasteiger partial charge >= 0.3 is 5.97 Å². The average Bonchev–Trinajstić information content (AvgIpc) is 2.25. The van der Waals surface area contributed by atoms with Crippen LogP contribution in [0.15, 0.2) is 24.3 Å². The molecular formula is C12H16ClNO2. The molecule has 0 unspecified atom stereocenters. The van der Waals surface area contributed by atoms with Crippen molar-refractivity contribution in [1.82, 2.24) is 4.90 Å². The average molecular weight is 242 g/mol. The molecule has 0 radical (unpaired) electrons. The van der Waals surface area contributed by atoms with Crippen LogP contribution in [0.4, 0.5) is 0 Å². The maximum absolute atomic E-state index is 10.4. The molecule has 0 bridgehead atoms. The number of carboxylic acids is 1. The fraction of sp³-hybridized carbons (Fsp3) is 0.417. The van der Waals surface area contributed by atoms with Crippen LogP contribution < -0.4 is 0 Å². The number of hydrogen-bond acceptors (Lipinski definition) is 2.